The molecule has 0 spiro atoms. The SMILES string of the molecule is Cc1ccnc2[nH]cc(-c3ccncn3)c12. The molecule has 78 valence electrons. The molecule has 3 rings (SSSR count). The number of pyridine rings is 1. The Morgan fingerprint density at radius 1 is 1.12 bits per heavy atom. The van der Waals surface area contributed by atoms with Crippen LogP contribution in [-0.2, 0) is 0 Å². The first-order valence-corrected chi connectivity index (χ1v) is 5.05. The summed E-state index contributed by atoms with van der Waals surface area (Å²) in [4.78, 5) is 15.6. The van der Waals surface area contributed by atoms with E-state index in [2.05, 4.69) is 26.9 Å². The second-order valence-corrected chi connectivity index (χ2v) is 3.65. The Morgan fingerprint density at radius 3 is 2.88 bits per heavy atom. The van der Waals surface area contributed by atoms with E-state index in [1.165, 1.54) is 5.56 Å². The van der Waals surface area contributed by atoms with E-state index < -0.39 is 0 Å². The molecule has 3 aromatic heterocycles. The molecule has 0 fully saturated rings. The van der Waals surface area contributed by atoms with Gasteiger partial charge in [-0.1, -0.05) is 0 Å². The van der Waals surface area contributed by atoms with Crippen molar-refractivity contribution in [2.24, 2.45) is 0 Å². The lowest BCUT2D eigenvalue weighted by atomic mass is 10.1. The summed E-state index contributed by atoms with van der Waals surface area (Å²) < 4.78 is 0. The minimum atomic E-state index is 0.897. The highest BCUT2D eigenvalue weighted by molar-refractivity contribution is 5.94. The van der Waals surface area contributed by atoms with E-state index in [1.807, 2.05) is 18.3 Å². The largest absolute Gasteiger partial charge is 0.345 e. The molecule has 0 aliphatic heterocycles. The average molecular weight is 210 g/mol. The summed E-state index contributed by atoms with van der Waals surface area (Å²) in [5.74, 6) is 0. The first kappa shape index (κ1) is 9.03. The van der Waals surface area contributed by atoms with E-state index >= 15 is 0 Å². The maximum atomic E-state index is 4.29. The Morgan fingerprint density at radius 2 is 2.06 bits per heavy atom. The number of rotatable bonds is 1. The molecule has 4 nitrogen and oxygen atoms in total. The number of H-pyrrole nitrogens is 1. The van der Waals surface area contributed by atoms with Gasteiger partial charge in [0.1, 0.15) is 12.0 Å². The van der Waals surface area contributed by atoms with Crippen molar-refractivity contribution in [3.8, 4) is 11.3 Å². The predicted molar refractivity (Wildman–Crippen MR) is 61.9 cm³/mol. The van der Waals surface area contributed by atoms with Crippen molar-refractivity contribution in [1.29, 1.82) is 0 Å². The van der Waals surface area contributed by atoms with Crippen LogP contribution in [0, 0.1) is 6.92 Å². The summed E-state index contributed by atoms with van der Waals surface area (Å²) in [6.45, 7) is 2.07. The number of aromatic amines is 1. The van der Waals surface area contributed by atoms with E-state index in [0.717, 1.165) is 22.3 Å². The molecule has 0 unspecified atom stereocenters. The van der Waals surface area contributed by atoms with Crippen LogP contribution < -0.4 is 0 Å². The zero-order valence-corrected chi connectivity index (χ0v) is 8.81. The van der Waals surface area contributed by atoms with Crippen molar-refractivity contribution in [3.05, 3.63) is 42.6 Å². The lowest BCUT2D eigenvalue weighted by Crippen LogP contribution is -1.84. The fourth-order valence-corrected chi connectivity index (χ4v) is 1.87. The third-order valence-electron chi connectivity index (χ3n) is 2.64. The van der Waals surface area contributed by atoms with Crippen LogP contribution in [-0.4, -0.2) is 19.9 Å². The van der Waals surface area contributed by atoms with Gasteiger partial charge in [-0.3, -0.25) is 0 Å². The van der Waals surface area contributed by atoms with Gasteiger partial charge in [-0.25, -0.2) is 15.0 Å². The molecule has 4 heteroatoms. The van der Waals surface area contributed by atoms with Gasteiger partial charge < -0.3 is 4.98 Å². The molecule has 3 heterocycles. The van der Waals surface area contributed by atoms with Crippen molar-refractivity contribution < 1.29 is 0 Å². The number of nitrogens with zero attached hydrogens (tertiary/aromatic N) is 3. The number of hydrogen-bond donors (Lipinski definition) is 1. The minimum absolute atomic E-state index is 0.897. The molecule has 0 atom stereocenters. The molecule has 0 amide bonds. The second kappa shape index (κ2) is 3.41. The van der Waals surface area contributed by atoms with Crippen LogP contribution in [0.1, 0.15) is 5.56 Å². The Kier molecular flexibility index (Phi) is 1.93. The fraction of sp³-hybridized carbons (Fsp3) is 0.0833. The van der Waals surface area contributed by atoms with Crippen molar-refractivity contribution >= 4 is 11.0 Å². The quantitative estimate of drug-likeness (QED) is 0.670. The molecule has 0 radical (unpaired) electrons. The first-order valence-electron chi connectivity index (χ1n) is 5.05. The van der Waals surface area contributed by atoms with Gasteiger partial charge in [0, 0.05) is 29.5 Å². The van der Waals surface area contributed by atoms with Crippen LogP contribution in [0.5, 0.6) is 0 Å². The van der Waals surface area contributed by atoms with E-state index in [-0.39, 0.29) is 0 Å². The highest BCUT2D eigenvalue weighted by atomic mass is 14.9. The zero-order chi connectivity index (χ0) is 11.0. The standard InChI is InChI=1S/C12H10N4/c1-8-2-5-14-12-11(8)9(6-15-12)10-3-4-13-7-16-10/h2-7H,1H3,(H,14,15). The van der Waals surface area contributed by atoms with Crippen LogP contribution in [0.15, 0.2) is 37.1 Å². The molecule has 0 saturated heterocycles. The smallest absolute Gasteiger partial charge is 0.138 e. The van der Waals surface area contributed by atoms with Gasteiger partial charge in [0.25, 0.3) is 0 Å². The summed E-state index contributed by atoms with van der Waals surface area (Å²) in [6, 6.07) is 3.90. The van der Waals surface area contributed by atoms with E-state index in [0.29, 0.717) is 0 Å². The number of nitrogens with one attached hydrogen (secondary N) is 1. The predicted octanol–water partition coefficient (Wildman–Crippen LogP) is 2.33. The minimum Gasteiger partial charge on any atom is -0.345 e. The number of fused-ring (bicyclic) bond motifs is 1. The lowest BCUT2D eigenvalue weighted by Gasteiger charge is -1.99. The molecule has 0 aromatic carbocycles. The zero-order valence-electron chi connectivity index (χ0n) is 8.81. The summed E-state index contributed by atoms with van der Waals surface area (Å²) >= 11 is 0. The molecular formula is C12H10N4. The molecule has 0 saturated carbocycles. The molecule has 0 aliphatic rings. The van der Waals surface area contributed by atoms with Gasteiger partial charge in [0.05, 0.1) is 5.69 Å². The number of aromatic nitrogens is 4. The van der Waals surface area contributed by atoms with Crippen LogP contribution in [0.25, 0.3) is 22.3 Å². The van der Waals surface area contributed by atoms with E-state index in [1.54, 1.807) is 18.7 Å². The van der Waals surface area contributed by atoms with E-state index in [9.17, 15) is 0 Å². The fourth-order valence-electron chi connectivity index (χ4n) is 1.87. The van der Waals surface area contributed by atoms with Gasteiger partial charge in [0.15, 0.2) is 0 Å². The van der Waals surface area contributed by atoms with Gasteiger partial charge in [-0.2, -0.15) is 0 Å². The molecule has 3 aromatic rings. The monoisotopic (exact) mass is 210 g/mol. The molecule has 16 heavy (non-hydrogen) atoms. The number of hydrogen-bond acceptors (Lipinski definition) is 3. The van der Waals surface area contributed by atoms with Gasteiger partial charge in [-0.15, -0.1) is 0 Å². The Bertz CT molecular complexity index is 628. The van der Waals surface area contributed by atoms with Crippen LogP contribution in [0.3, 0.4) is 0 Å². The molecule has 1 N–H and O–H groups in total. The molecular weight excluding hydrogens is 200 g/mol. The summed E-state index contributed by atoms with van der Waals surface area (Å²) in [5.41, 5.74) is 4.08. The lowest BCUT2D eigenvalue weighted by molar-refractivity contribution is 1.17. The van der Waals surface area contributed by atoms with Crippen molar-refractivity contribution in [1.82, 2.24) is 19.9 Å². The second-order valence-electron chi connectivity index (χ2n) is 3.65. The third-order valence-corrected chi connectivity index (χ3v) is 2.64. The molecule has 0 bridgehead atoms. The van der Waals surface area contributed by atoms with Crippen molar-refractivity contribution in [3.63, 3.8) is 0 Å². The number of aryl methyl sites for hydroxylation is 1. The Hall–Kier alpha value is -2.23. The highest BCUT2D eigenvalue weighted by Crippen LogP contribution is 2.27. The highest BCUT2D eigenvalue weighted by Gasteiger charge is 2.09. The Labute approximate surface area is 92.4 Å². The van der Waals surface area contributed by atoms with Gasteiger partial charge in [0.2, 0.25) is 0 Å². The molecule has 0 aliphatic carbocycles. The maximum absolute atomic E-state index is 4.29. The van der Waals surface area contributed by atoms with Crippen LogP contribution >= 0.6 is 0 Å². The van der Waals surface area contributed by atoms with Gasteiger partial charge in [-0.05, 0) is 24.6 Å². The Balaban J connectivity index is 2.33. The third kappa shape index (κ3) is 1.27. The topological polar surface area (TPSA) is 54.5 Å². The van der Waals surface area contributed by atoms with Crippen LogP contribution in [0.4, 0.5) is 0 Å². The van der Waals surface area contributed by atoms with Crippen molar-refractivity contribution in [2.45, 2.75) is 6.92 Å². The summed E-state index contributed by atoms with van der Waals surface area (Å²) in [7, 11) is 0. The summed E-state index contributed by atoms with van der Waals surface area (Å²) in [5, 5.41) is 1.13. The van der Waals surface area contributed by atoms with E-state index in [4.69, 9.17) is 0 Å². The average Bonchev–Trinajstić information content (AvgIpc) is 2.75. The van der Waals surface area contributed by atoms with Crippen molar-refractivity contribution in [2.75, 3.05) is 0 Å². The first-order chi connectivity index (χ1) is 7.86. The maximum Gasteiger partial charge on any atom is 0.138 e. The normalized spacial score (nSPS) is 10.8. The van der Waals surface area contributed by atoms with Gasteiger partial charge >= 0.3 is 0 Å². The summed E-state index contributed by atoms with van der Waals surface area (Å²) in [6.07, 6.45) is 7.04. The van der Waals surface area contributed by atoms with Crippen LogP contribution in [0.2, 0.25) is 0 Å².